The molecule has 1 aliphatic carbocycles. The van der Waals surface area contributed by atoms with Crippen LogP contribution in [0.2, 0.25) is 0 Å². The zero-order valence-corrected chi connectivity index (χ0v) is 17.6. The predicted octanol–water partition coefficient (Wildman–Crippen LogP) is 5.75. The molecule has 31 heavy (non-hydrogen) atoms. The van der Waals surface area contributed by atoms with Crippen LogP contribution >= 0.6 is 0 Å². The lowest BCUT2D eigenvalue weighted by molar-refractivity contribution is 0.0912. The molecule has 2 aromatic carbocycles. The van der Waals surface area contributed by atoms with Crippen molar-refractivity contribution in [3.8, 4) is 5.75 Å². The average Bonchev–Trinajstić information content (AvgIpc) is 3.10. The van der Waals surface area contributed by atoms with Crippen molar-refractivity contribution < 1.29 is 18.3 Å². The zero-order chi connectivity index (χ0) is 21.9. The Morgan fingerprint density at radius 2 is 1.87 bits per heavy atom. The quantitative estimate of drug-likeness (QED) is 0.459. The van der Waals surface area contributed by atoms with Gasteiger partial charge in [0.15, 0.2) is 17.3 Å². The van der Waals surface area contributed by atoms with Crippen molar-refractivity contribution in [3.05, 3.63) is 70.5 Å². The van der Waals surface area contributed by atoms with Crippen LogP contribution < -0.4 is 4.74 Å². The highest BCUT2D eigenvalue weighted by molar-refractivity contribution is 6.19. The molecule has 158 valence electrons. The van der Waals surface area contributed by atoms with E-state index in [2.05, 4.69) is 4.98 Å². The van der Waals surface area contributed by atoms with E-state index >= 15 is 0 Å². The number of carbonyl (C=O) groups is 1. The Morgan fingerprint density at radius 1 is 1.10 bits per heavy atom. The number of benzene rings is 2. The number of para-hydroxylation sites is 1. The summed E-state index contributed by atoms with van der Waals surface area (Å²) in [6, 6.07) is 10.7. The van der Waals surface area contributed by atoms with Gasteiger partial charge >= 0.3 is 0 Å². The lowest BCUT2D eigenvalue weighted by Crippen LogP contribution is -2.28. The van der Waals surface area contributed by atoms with Crippen LogP contribution in [-0.4, -0.2) is 22.9 Å². The van der Waals surface area contributed by atoms with Gasteiger partial charge in [0.25, 0.3) is 0 Å². The molecule has 4 aromatic rings. The molecule has 0 amide bonds. The number of hydrogen-bond donors (Lipinski definition) is 1. The van der Waals surface area contributed by atoms with Crippen molar-refractivity contribution in [1.82, 2.24) is 9.97 Å². The predicted molar refractivity (Wildman–Crippen MR) is 116 cm³/mol. The fourth-order valence-electron chi connectivity index (χ4n) is 4.68. The number of ether oxygens (including phenoxy) is 1. The van der Waals surface area contributed by atoms with E-state index in [1.54, 1.807) is 0 Å². The summed E-state index contributed by atoms with van der Waals surface area (Å²) >= 11 is 0. The van der Waals surface area contributed by atoms with E-state index in [4.69, 9.17) is 9.72 Å². The third kappa shape index (κ3) is 3.09. The first-order valence-corrected chi connectivity index (χ1v) is 10.3. The summed E-state index contributed by atoms with van der Waals surface area (Å²) in [5.74, 6) is -2.02. The van der Waals surface area contributed by atoms with Gasteiger partial charge in [0.05, 0.1) is 24.0 Å². The Hall–Kier alpha value is -3.28. The number of fused-ring (bicyclic) bond motifs is 5. The van der Waals surface area contributed by atoms with E-state index in [0.29, 0.717) is 29.6 Å². The summed E-state index contributed by atoms with van der Waals surface area (Å²) in [7, 11) is 1.30. The first kappa shape index (κ1) is 19.7. The largest absolute Gasteiger partial charge is 0.494 e. The fraction of sp³-hybridized carbons (Fsp3) is 0.280. The molecule has 0 radical (unpaired) electrons. The van der Waals surface area contributed by atoms with E-state index in [-0.39, 0.29) is 28.9 Å². The first-order valence-electron chi connectivity index (χ1n) is 10.3. The summed E-state index contributed by atoms with van der Waals surface area (Å²) in [4.78, 5) is 21.3. The van der Waals surface area contributed by atoms with E-state index in [0.717, 1.165) is 22.0 Å². The normalized spacial score (nSPS) is 15.5. The number of aromatic amines is 1. The van der Waals surface area contributed by atoms with Crippen molar-refractivity contribution in [2.75, 3.05) is 7.11 Å². The molecule has 2 aromatic heterocycles. The number of hydrogen-bond acceptors (Lipinski definition) is 3. The maximum Gasteiger partial charge on any atom is 0.200 e. The fourth-order valence-corrected chi connectivity index (χ4v) is 4.68. The van der Waals surface area contributed by atoms with Crippen molar-refractivity contribution in [3.63, 3.8) is 0 Å². The highest BCUT2D eigenvalue weighted by atomic mass is 19.2. The van der Waals surface area contributed by atoms with Crippen molar-refractivity contribution in [1.29, 1.82) is 0 Å². The van der Waals surface area contributed by atoms with E-state index < -0.39 is 11.6 Å². The number of rotatable bonds is 3. The number of Topliss-reactive ketones (excluding diaryl/α,β-unsaturated/α-hetero) is 1. The second kappa shape index (κ2) is 6.87. The number of methoxy groups -OCH3 is 1. The topological polar surface area (TPSA) is 55.0 Å². The lowest BCUT2D eigenvalue weighted by Gasteiger charge is -2.30. The number of H-pyrrole nitrogens is 1. The third-order valence-electron chi connectivity index (χ3n) is 6.07. The molecule has 0 fully saturated rings. The third-order valence-corrected chi connectivity index (χ3v) is 6.07. The average molecular weight is 420 g/mol. The molecule has 5 rings (SSSR count). The van der Waals surface area contributed by atoms with Gasteiger partial charge in [-0.1, -0.05) is 38.1 Å². The van der Waals surface area contributed by atoms with Gasteiger partial charge < -0.3 is 9.72 Å². The minimum absolute atomic E-state index is 0.0710. The molecule has 0 spiro atoms. The number of ketones is 1. The van der Waals surface area contributed by atoms with Gasteiger partial charge in [-0.2, -0.15) is 4.39 Å². The molecule has 0 saturated carbocycles. The molecule has 0 atom stereocenters. The molecule has 0 bridgehead atoms. The molecule has 0 unspecified atom stereocenters. The number of nitrogens with one attached hydrogen (secondary N) is 1. The highest BCUT2D eigenvalue weighted by Gasteiger charge is 2.35. The molecule has 4 nitrogen and oxygen atoms in total. The first-order chi connectivity index (χ1) is 14.8. The van der Waals surface area contributed by atoms with Gasteiger partial charge in [0, 0.05) is 34.7 Å². The molecule has 0 saturated heterocycles. The van der Waals surface area contributed by atoms with Gasteiger partial charge in [-0.25, -0.2) is 4.39 Å². The SMILES string of the molecule is COc1ccc(Cc2nc3c(c4c2[nH]c2ccccc24)C(=O)CC(C)(C)C3)c(F)c1F. The van der Waals surface area contributed by atoms with Crippen LogP contribution in [0.15, 0.2) is 36.4 Å². The smallest absolute Gasteiger partial charge is 0.200 e. The van der Waals surface area contributed by atoms with Gasteiger partial charge in [-0.15, -0.1) is 0 Å². The number of carbonyl (C=O) groups excluding carboxylic acids is 1. The summed E-state index contributed by atoms with van der Waals surface area (Å²) in [5.41, 5.74) is 3.54. The number of aromatic nitrogens is 2. The second-order valence-electron chi connectivity index (χ2n) is 8.97. The minimum atomic E-state index is -1.01. The second-order valence-corrected chi connectivity index (χ2v) is 8.97. The molecule has 1 aliphatic rings. The van der Waals surface area contributed by atoms with E-state index in [9.17, 15) is 13.6 Å². The maximum absolute atomic E-state index is 14.7. The summed E-state index contributed by atoms with van der Waals surface area (Å²) in [6.07, 6.45) is 1.20. The number of halogens is 2. The Morgan fingerprint density at radius 3 is 2.65 bits per heavy atom. The van der Waals surface area contributed by atoms with Gasteiger partial charge in [-0.3, -0.25) is 9.78 Å². The van der Waals surface area contributed by atoms with Gasteiger partial charge in [0.2, 0.25) is 5.82 Å². The van der Waals surface area contributed by atoms with Crippen LogP contribution in [0.4, 0.5) is 8.78 Å². The van der Waals surface area contributed by atoms with Crippen LogP contribution in [-0.2, 0) is 12.8 Å². The van der Waals surface area contributed by atoms with Crippen LogP contribution in [0.3, 0.4) is 0 Å². The van der Waals surface area contributed by atoms with E-state index in [1.165, 1.54) is 19.2 Å². The zero-order valence-electron chi connectivity index (χ0n) is 17.6. The molecule has 1 N–H and O–H groups in total. The molecular formula is C25H22F2N2O2. The Balaban J connectivity index is 1.77. The molecular weight excluding hydrogens is 398 g/mol. The highest BCUT2D eigenvalue weighted by Crippen LogP contribution is 2.40. The lowest BCUT2D eigenvalue weighted by atomic mass is 9.74. The number of nitrogens with zero attached hydrogens (tertiary/aromatic N) is 1. The van der Waals surface area contributed by atoms with Crippen LogP contribution in [0.1, 0.15) is 47.6 Å². The Kier molecular flexibility index (Phi) is 4.36. The van der Waals surface area contributed by atoms with Gasteiger partial charge in [-0.05, 0) is 29.5 Å². The molecule has 2 heterocycles. The van der Waals surface area contributed by atoms with Crippen LogP contribution in [0.5, 0.6) is 5.75 Å². The van der Waals surface area contributed by atoms with Crippen LogP contribution in [0.25, 0.3) is 21.8 Å². The van der Waals surface area contributed by atoms with Crippen molar-refractivity contribution in [2.45, 2.75) is 33.1 Å². The summed E-state index contributed by atoms with van der Waals surface area (Å²) in [5, 5.41) is 1.76. The van der Waals surface area contributed by atoms with Gasteiger partial charge in [0.1, 0.15) is 0 Å². The summed E-state index contributed by atoms with van der Waals surface area (Å²) in [6.45, 7) is 4.10. The Bertz CT molecular complexity index is 1370. The summed E-state index contributed by atoms with van der Waals surface area (Å²) < 4.78 is 33.9. The Labute approximate surface area is 178 Å². The number of pyridine rings is 1. The van der Waals surface area contributed by atoms with Crippen molar-refractivity contribution in [2.24, 2.45) is 5.41 Å². The maximum atomic E-state index is 14.7. The minimum Gasteiger partial charge on any atom is -0.494 e. The van der Waals surface area contributed by atoms with E-state index in [1.807, 2.05) is 38.1 Å². The molecule has 6 heteroatoms. The standard InChI is InChI=1S/C25H22F2N2O2/c1-25(2)11-17-21(18(30)12-25)20-14-6-4-5-7-15(14)29-24(20)16(28-17)10-13-8-9-19(31-3)23(27)22(13)26/h4-9,29H,10-12H2,1-3H3. The molecule has 0 aliphatic heterocycles. The van der Waals surface area contributed by atoms with Crippen molar-refractivity contribution >= 4 is 27.6 Å². The monoisotopic (exact) mass is 420 g/mol. The van der Waals surface area contributed by atoms with Crippen LogP contribution in [0, 0.1) is 17.0 Å².